The minimum atomic E-state index is -4.54. The number of nitrogens with zero attached hydrogens (tertiary/aromatic N) is 5. The van der Waals surface area contributed by atoms with E-state index in [1.165, 1.54) is 0 Å². The molecule has 10 heteroatoms. The first-order valence-corrected chi connectivity index (χ1v) is 9.40. The first kappa shape index (κ1) is 20.5. The predicted octanol–water partition coefficient (Wildman–Crippen LogP) is 3.15. The van der Waals surface area contributed by atoms with Crippen molar-refractivity contribution in [2.24, 2.45) is 0 Å². The summed E-state index contributed by atoms with van der Waals surface area (Å²) >= 11 is 0. The maximum absolute atomic E-state index is 13.3. The highest BCUT2D eigenvalue weighted by Gasteiger charge is 2.37. The van der Waals surface area contributed by atoms with Crippen molar-refractivity contribution in [1.82, 2.24) is 14.9 Å². The van der Waals surface area contributed by atoms with Crippen molar-refractivity contribution in [3.8, 4) is 0 Å². The summed E-state index contributed by atoms with van der Waals surface area (Å²) in [4.78, 5) is 25.4. The van der Waals surface area contributed by atoms with Gasteiger partial charge in [0, 0.05) is 44.8 Å². The smallest absolute Gasteiger partial charge is 0.433 e. The van der Waals surface area contributed by atoms with E-state index < -0.39 is 23.6 Å². The Kier molecular flexibility index (Phi) is 5.33. The third-order valence-corrected chi connectivity index (χ3v) is 4.82. The molecule has 2 aliphatic heterocycles. The van der Waals surface area contributed by atoms with E-state index >= 15 is 0 Å². The predicted molar refractivity (Wildman–Crippen MR) is 98.5 cm³/mol. The number of aromatic nitrogens is 2. The fourth-order valence-corrected chi connectivity index (χ4v) is 3.12. The van der Waals surface area contributed by atoms with Gasteiger partial charge in [-0.15, -0.1) is 0 Å². The summed E-state index contributed by atoms with van der Waals surface area (Å²) in [6.07, 6.45) is -4.05. The number of piperazine rings is 1. The van der Waals surface area contributed by atoms with Gasteiger partial charge in [-0.25, -0.2) is 9.78 Å². The first-order chi connectivity index (χ1) is 12.9. The van der Waals surface area contributed by atoms with E-state index in [0.29, 0.717) is 32.7 Å². The fourth-order valence-electron chi connectivity index (χ4n) is 3.12. The SMILES string of the molecule is C[C@H]1CCN1c1nc(N2CCN(C(=O)OC(C)(C)C)CC2)cc(C(F)(F)F)n1. The second kappa shape index (κ2) is 7.29. The van der Waals surface area contributed by atoms with E-state index in [4.69, 9.17) is 4.74 Å². The van der Waals surface area contributed by atoms with Crippen LogP contribution < -0.4 is 9.80 Å². The number of hydrogen-bond donors (Lipinski definition) is 0. The molecule has 1 amide bonds. The number of carbonyl (C=O) groups excluding carboxylic acids is 1. The summed E-state index contributed by atoms with van der Waals surface area (Å²) in [6, 6.07) is 1.11. The number of anilines is 2. The van der Waals surface area contributed by atoms with Crippen molar-refractivity contribution in [3.05, 3.63) is 11.8 Å². The van der Waals surface area contributed by atoms with Gasteiger partial charge in [-0.1, -0.05) is 0 Å². The van der Waals surface area contributed by atoms with Crippen LogP contribution in [0.15, 0.2) is 6.07 Å². The van der Waals surface area contributed by atoms with Crippen molar-refractivity contribution in [1.29, 1.82) is 0 Å². The Morgan fingerprint density at radius 2 is 1.75 bits per heavy atom. The Bertz CT molecular complexity index is 727. The average molecular weight is 401 g/mol. The Morgan fingerprint density at radius 3 is 2.21 bits per heavy atom. The molecule has 0 N–H and O–H groups in total. The summed E-state index contributed by atoms with van der Waals surface area (Å²) in [5.41, 5.74) is -1.54. The van der Waals surface area contributed by atoms with Gasteiger partial charge in [-0.3, -0.25) is 0 Å². The Morgan fingerprint density at radius 1 is 1.11 bits per heavy atom. The molecule has 7 nitrogen and oxygen atoms in total. The molecule has 1 atom stereocenters. The van der Waals surface area contributed by atoms with Crippen LogP contribution in [0, 0.1) is 0 Å². The number of halogens is 3. The standard InChI is InChI=1S/C18H26F3N5O2/c1-12-5-6-26(12)15-22-13(18(19,20)21)11-14(23-15)24-7-9-25(10-8-24)16(27)28-17(2,3)4/h11-12H,5-10H2,1-4H3/t12-/m0/s1. The molecule has 1 aromatic rings. The van der Waals surface area contributed by atoms with E-state index in [2.05, 4.69) is 9.97 Å². The lowest BCUT2D eigenvalue weighted by atomic mass is 10.1. The van der Waals surface area contributed by atoms with E-state index in [9.17, 15) is 18.0 Å². The summed E-state index contributed by atoms with van der Waals surface area (Å²) in [5.74, 6) is 0.346. The number of hydrogen-bond acceptors (Lipinski definition) is 6. The van der Waals surface area contributed by atoms with Crippen LogP contribution >= 0.6 is 0 Å². The fraction of sp³-hybridized carbons (Fsp3) is 0.722. The summed E-state index contributed by atoms with van der Waals surface area (Å²) in [7, 11) is 0. The van der Waals surface area contributed by atoms with E-state index in [1.807, 2.05) is 6.92 Å². The van der Waals surface area contributed by atoms with E-state index in [1.54, 1.807) is 35.5 Å². The van der Waals surface area contributed by atoms with Crippen LogP contribution in [0.4, 0.5) is 29.7 Å². The topological polar surface area (TPSA) is 61.8 Å². The molecule has 2 aliphatic rings. The molecule has 0 bridgehead atoms. The van der Waals surface area contributed by atoms with Gasteiger partial charge >= 0.3 is 12.3 Å². The monoisotopic (exact) mass is 401 g/mol. The Hall–Kier alpha value is -2.26. The molecule has 0 aromatic carbocycles. The van der Waals surface area contributed by atoms with Crippen LogP contribution in [0.3, 0.4) is 0 Å². The van der Waals surface area contributed by atoms with E-state index in [-0.39, 0.29) is 17.8 Å². The van der Waals surface area contributed by atoms with Crippen LogP contribution in [0.25, 0.3) is 0 Å². The van der Waals surface area contributed by atoms with Crippen molar-refractivity contribution >= 4 is 17.9 Å². The zero-order valence-electron chi connectivity index (χ0n) is 16.6. The van der Waals surface area contributed by atoms with Gasteiger partial charge in [0.15, 0.2) is 5.69 Å². The highest BCUT2D eigenvalue weighted by atomic mass is 19.4. The van der Waals surface area contributed by atoms with Crippen LogP contribution in [0.2, 0.25) is 0 Å². The minimum absolute atomic E-state index is 0.109. The average Bonchev–Trinajstić information content (AvgIpc) is 2.58. The molecule has 156 valence electrons. The number of amides is 1. The Balaban J connectivity index is 1.75. The molecule has 1 aromatic heterocycles. The summed E-state index contributed by atoms with van der Waals surface area (Å²) in [6.45, 7) is 9.42. The molecule has 0 aliphatic carbocycles. The first-order valence-electron chi connectivity index (χ1n) is 9.40. The number of ether oxygens (including phenoxy) is 1. The lowest BCUT2D eigenvalue weighted by Crippen LogP contribution is -2.50. The second-order valence-corrected chi connectivity index (χ2v) is 8.19. The minimum Gasteiger partial charge on any atom is -0.444 e. The zero-order valence-corrected chi connectivity index (χ0v) is 16.6. The molecule has 2 fully saturated rings. The molecule has 2 saturated heterocycles. The molecule has 3 rings (SSSR count). The molecular formula is C18H26F3N5O2. The molecule has 0 radical (unpaired) electrons. The number of rotatable bonds is 2. The van der Waals surface area contributed by atoms with Gasteiger partial charge in [0.05, 0.1) is 0 Å². The second-order valence-electron chi connectivity index (χ2n) is 8.19. The molecule has 28 heavy (non-hydrogen) atoms. The highest BCUT2D eigenvalue weighted by Crippen LogP contribution is 2.33. The van der Waals surface area contributed by atoms with Gasteiger partial charge in [0.25, 0.3) is 0 Å². The summed E-state index contributed by atoms with van der Waals surface area (Å²) in [5, 5.41) is 0. The van der Waals surface area contributed by atoms with Gasteiger partial charge in [-0.2, -0.15) is 18.2 Å². The third-order valence-electron chi connectivity index (χ3n) is 4.82. The number of alkyl halides is 3. The van der Waals surface area contributed by atoms with Crippen molar-refractivity contribution in [2.45, 2.75) is 51.9 Å². The molecule has 0 unspecified atom stereocenters. The van der Waals surface area contributed by atoms with Crippen molar-refractivity contribution < 1.29 is 22.7 Å². The zero-order chi connectivity index (χ0) is 20.7. The van der Waals surface area contributed by atoms with Crippen molar-refractivity contribution in [2.75, 3.05) is 42.5 Å². The third kappa shape index (κ3) is 4.59. The van der Waals surface area contributed by atoms with Gasteiger partial charge < -0.3 is 19.4 Å². The maximum Gasteiger partial charge on any atom is 0.433 e. The lowest BCUT2D eigenvalue weighted by Gasteiger charge is -2.40. The van der Waals surface area contributed by atoms with Crippen molar-refractivity contribution in [3.63, 3.8) is 0 Å². The number of carbonyl (C=O) groups is 1. The van der Waals surface area contributed by atoms with Crippen LogP contribution in [-0.2, 0) is 10.9 Å². The molecule has 0 saturated carbocycles. The normalized spacial score (nSPS) is 20.8. The van der Waals surface area contributed by atoms with Crippen LogP contribution in [0.1, 0.15) is 39.8 Å². The van der Waals surface area contributed by atoms with E-state index in [0.717, 1.165) is 12.5 Å². The van der Waals surface area contributed by atoms with Crippen LogP contribution in [-0.4, -0.2) is 65.3 Å². The molecule has 0 spiro atoms. The highest BCUT2D eigenvalue weighted by molar-refractivity contribution is 5.68. The maximum atomic E-state index is 13.3. The Labute approximate surface area is 162 Å². The van der Waals surface area contributed by atoms with Gasteiger partial charge in [0.2, 0.25) is 5.95 Å². The lowest BCUT2D eigenvalue weighted by molar-refractivity contribution is -0.141. The largest absolute Gasteiger partial charge is 0.444 e. The van der Waals surface area contributed by atoms with Gasteiger partial charge in [0.1, 0.15) is 11.4 Å². The van der Waals surface area contributed by atoms with Gasteiger partial charge in [-0.05, 0) is 34.1 Å². The summed E-state index contributed by atoms with van der Waals surface area (Å²) < 4.78 is 45.3. The van der Waals surface area contributed by atoms with Crippen LogP contribution in [0.5, 0.6) is 0 Å². The molecule has 3 heterocycles. The quantitative estimate of drug-likeness (QED) is 0.759. The molecular weight excluding hydrogens is 375 g/mol.